The van der Waals surface area contributed by atoms with E-state index in [0.29, 0.717) is 48.2 Å². The van der Waals surface area contributed by atoms with E-state index in [9.17, 15) is 9.18 Å². The van der Waals surface area contributed by atoms with E-state index < -0.39 is 0 Å². The number of hydrogen-bond acceptors (Lipinski definition) is 5. The molecule has 0 radical (unpaired) electrons. The Labute approximate surface area is 227 Å². The number of methoxy groups -OCH3 is 1. The average molecular weight is 530 g/mol. The van der Waals surface area contributed by atoms with Crippen LogP contribution in [-0.2, 0) is 17.7 Å². The number of aromatic nitrogens is 2. The van der Waals surface area contributed by atoms with Crippen LogP contribution in [0.3, 0.4) is 0 Å². The number of benzene rings is 3. The Bertz CT molecular complexity index is 1400. The van der Waals surface area contributed by atoms with E-state index in [1.807, 2.05) is 49.4 Å². The molecule has 3 aromatic carbocycles. The van der Waals surface area contributed by atoms with Gasteiger partial charge in [-0.25, -0.2) is 9.07 Å². The lowest BCUT2D eigenvalue weighted by Crippen LogP contribution is -2.37. The molecular formula is C31H32FN3O4. The lowest BCUT2D eigenvalue weighted by Gasteiger charge is -2.26. The van der Waals surface area contributed by atoms with Crippen LogP contribution in [0.1, 0.15) is 41.4 Å². The zero-order valence-electron chi connectivity index (χ0n) is 22.2. The number of rotatable bonds is 10. The van der Waals surface area contributed by atoms with E-state index in [2.05, 4.69) is 0 Å². The molecular weight excluding hydrogens is 497 g/mol. The molecule has 1 atom stereocenters. The van der Waals surface area contributed by atoms with Crippen LogP contribution in [-0.4, -0.2) is 47.0 Å². The first-order valence-electron chi connectivity index (χ1n) is 13.2. The van der Waals surface area contributed by atoms with Gasteiger partial charge in [0.25, 0.3) is 5.91 Å². The fraction of sp³-hybridized carbons (Fsp3) is 0.290. The number of hydrogen-bond donors (Lipinski definition) is 0. The molecule has 0 aliphatic carbocycles. The van der Waals surface area contributed by atoms with Gasteiger partial charge in [0.05, 0.1) is 36.7 Å². The quantitative estimate of drug-likeness (QED) is 0.245. The first kappa shape index (κ1) is 26.4. The molecule has 1 aliphatic heterocycles. The smallest absolute Gasteiger partial charge is 0.254 e. The molecule has 202 valence electrons. The second-order valence-corrected chi connectivity index (χ2v) is 9.44. The highest BCUT2D eigenvalue weighted by Crippen LogP contribution is 2.33. The summed E-state index contributed by atoms with van der Waals surface area (Å²) >= 11 is 0. The molecule has 1 aliphatic rings. The second kappa shape index (κ2) is 12.1. The fourth-order valence-corrected chi connectivity index (χ4v) is 4.77. The number of nitrogens with zero attached hydrogens (tertiary/aromatic N) is 3. The average Bonchev–Trinajstić information content (AvgIpc) is 3.61. The Balaban J connectivity index is 1.57. The van der Waals surface area contributed by atoms with Crippen LogP contribution in [0.25, 0.3) is 5.69 Å². The maximum atomic E-state index is 13.9. The van der Waals surface area contributed by atoms with E-state index >= 15 is 0 Å². The van der Waals surface area contributed by atoms with Crippen LogP contribution in [0.5, 0.6) is 17.4 Å². The van der Waals surface area contributed by atoms with Crippen molar-refractivity contribution in [3.63, 3.8) is 0 Å². The molecule has 4 aromatic rings. The van der Waals surface area contributed by atoms with Gasteiger partial charge >= 0.3 is 0 Å². The fourth-order valence-electron chi connectivity index (χ4n) is 4.77. The molecule has 2 heterocycles. The van der Waals surface area contributed by atoms with E-state index in [4.69, 9.17) is 19.3 Å². The largest absolute Gasteiger partial charge is 0.497 e. The summed E-state index contributed by atoms with van der Waals surface area (Å²) < 4.78 is 33.1. The Morgan fingerprint density at radius 2 is 1.85 bits per heavy atom. The SMILES string of the molecule is CCc1nn(-c2ccc(F)cc2)c(Oc2ccccc2)c1CN(C[C@@H]1CCCO1)C(=O)c1cccc(OC)c1. The molecule has 1 aromatic heterocycles. The zero-order valence-corrected chi connectivity index (χ0v) is 22.2. The first-order chi connectivity index (χ1) is 19.1. The van der Waals surface area contributed by atoms with Crippen molar-refractivity contribution in [1.29, 1.82) is 0 Å². The van der Waals surface area contributed by atoms with Gasteiger partial charge in [-0.2, -0.15) is 5.10 Å². The van der Waals surface area contributed by atoms with Crippen LogP contribution in [0.4, 0.5) is 4.39 Å². The molecule has 39 heavy (non-hydrogen) atoms. The molecule has 0 spiro atoms. The molecule has 0 N–H and O–H groups in total. The van der Waals surface area contributed by atoms with Gasteiger partial charge in [-0.05, 0) is 73.9 Å². The van der Waals surface area contributed by atoms with E-state index in [1.165, 1.54) is 12.1 Å². The van der Waals surface area contributed by atoms with Crippen molar-refractivity contribution < 1.29 is 23.4 Å². The van der Waals surface area contributed by atoms with Gasteiger partial charge in [0.2, 0.25) is 5.88 Å². The van der Waals surface area contributed by atoms with Gasteiger partial charge in [-0.1, -0.05) is 31.2 Å². The van der Waals surface area contributed by atoms with E-state index in [1.54, 1.807) is 41.0 Å². The topological polar surface area (TPSA) is 65.8 Å². The van der Waals surface area contributed by atoms with Crippen molar-refractivity contribution >= 4 is 5.91 Å². The summed E-state index contributed by atoms with van der Waals surface area (Å²) in [6, 6.07) is 22.7. The highest BCUT2D eigenvalue weighted by Gasteiger charge is 2.28. The van der Waals surface area contributed by atoms with Crippen molar-refractivity contribution in [2.45, 2.75) is 38.8 Å². The third kappa shape index (κ3) is 6.12. The summed E-state index contributed by atoms with van der Waals surface area (Å²) in [5.74, 6) is 1.27. The summed E-state index contributed by atoms with van der Waals surface area (Å²) in [4.78, 5) is 15.7. The minimum atomic E-state index is -0.334. The highest BCUT2D eigenvalue weighted by atomic mass is 19.1. The van der Waals surface area contributed by atoms with Crippen LogP contribution in [0, 0.1) is 5.82 Å². The molecule has 0 unspecified atom stereocenters. The van der Waals surface area contributed by atoms with Crippen molar-refractivity contribution in [3.8, 4) is 23.1 Å². The monoisotopic (exact) mass is 529 g/mol. The molecule has 0 saturated carbocycles. The third-order valence-corrected chi connectivity index (χ3v) is 6.78. The number of carbonyl (C=O) groups is 1. The number of halogens is 1. The van der Waals surface area contributed by atoms with Crippen LogP contribution in [0.2, 0.25) is 0 Å². The maximum Gasteiger partial charge on any atom is 0.254 e. The Hall–Kier alpha value is -4.17. The van der Waals surface area contributed by atoms with Gasteiger partial charge in [0, 0.05) is 18.7 Å². The van der Waals surface area contributed by atoms with Gasteiger partial charge in [-0.3, -0.25) is 4.79 Å². The minimum absolute atomic E-state index is 0.0460. The van der Waals surface area contributed by atoms with E-state index in [0.717, 1.165) is 24.1 Å². The standard InChI is InChI=1S/C31H32FN3O4/c1-3-29-28(21-34(20-27-13-8-18-38-27)30(36)22-9-7-12-26(19-22)37-2)31(39-25-10-5-4-6-11-25)35(33-29)24-16-14-23(32)15-17-24/h4-7,9-12,14-17,19,27H,3,8,13,18,20-21H2,1-2H3/t27-/m0/s1. The number of aryl methyl sites for hydroxylation is 1. The lowest BCUT2D eigenvalue weighted by molar-refractivity contribution is 0.0505. The van der Waals surface area contributed by atoms with Crippen molar-refractivity contribution in [1.82, 2.24) is 14.7 Å². The highest BCUT2D eigenvalue weighted by molar-refractivity contribution is 5.94. The molecule has 0 bridgehead atoms. The van der Waals surface area contributed by atoms with Crippen molar-refractivity contribution in [2.24, 2.45) is 0 Å². The Morgan fingerprint density at radius 3 is 2.54 bits per heavy atom. The van der Waals surface area contributed by atoms with Crippen molar-refractivity contribution in [2.75, 3.05) is 20.3 Å². The predicted octanol–water partition coefficient (Wildman–Crippen LogP) is 6.20. The predicted molar refractivity (Wildman–Crippen MR) is 146 cm³/mol. The summed E-state index contributed by atoms with van der Waals surface area (Å²) in [6.45, 7) is 3.41. The third-order valence-electron chi connectivity index (χ3n) is 6.78. The summed E-state index contributed by atoms with van der Waals surface area (Å²) in [7, 11) is 1.58. The van der Waals surface area contributed by atoms with E-state index in [-0.39, 0.29) is 24.4 Å². The van der Waals surface area contributed by atoms with Gasteiger partial charge < -0.3 is 19.1 Å². The van der Waals surface area contributed by atoms with Gasteiger partial charge in [-0.15, -0.1) is 0 Å². The minimum Gasteiger partial charge on any atom is -0.497 e. The summed E-state index contributed by atoms with van der Waals surface area (Å²) in [5.41, 5.74) is 2.77. The van der Waals surface area contributed by atoms with Gasteiger partial charge in [0.1, 0.15) is 17.3 Å². The number of para-hydroxylation sites is 1. The summed E-state index contributed by atoms with van der Waals surface area (Å²) in [5, 5.41) is 4.85. The molecule has 1 fully saturated rings. The molecule has 5 rings (SSSR count). The van der Waals surface area contributed by atoms with Crippen LogP contribution < -0.4 is 9.47 Å². The van der Waals surface area contributed by atoms with Crippen LogP contribution in [0.15, 0.2) is 78.9 Å². The molecule has 7 nitrogen and oxygen atoms in total. The Kier molecular flexibility index (Phi) is 8.22. The first-order valence-corrected chi connectivity index (χ1v) is 13.2. The Morgan fingerprint density at radius 1 is 1.08 bits per heavy atom. The molecule has 1 amide bonds. The summed E-state index contributed by atoms with van der Waals surface area (Å²) in [6.07, 6.45) is 2.44. The number of ether oxygens (including phenoxy) is 3. The lowest BCUT2D eigenvalue weighted by atomic mass is 10.1. The van der Waals surface area contributed by atoms with Crippen LogP contribution >= 0.6 is 0 Å². The molecule has 1 saturated heterocycles. The molecule has 8 heteroatoms. The maximum absolute atomic E-state index is 13.9. The number of amides is 1. The normalized spacial score (nSPS) is 14.8. The number of carbonyl (C=O) groups excluding carboxylic acids is 1. The van der Waals surface area contributed by atoms with Crippen molar-refractivity contribution in [3.05, 3.63) is 102 Å². The zero-order chi connectivity index (χ0) is 27.2. The van der Waals surface area contributed by atoms with Gasteiger partial charge in [0.15, 0.2) is 0 Å². The second-order valence-electron chi connectivity index (χ2n) is 9.44.